The van der Waals surface area contributed by atoms with Crippen LogP contribution >= 0.6 is 0 Å². The zero-order valence-corrected chi connectivity index (χ0v) is 13.7. The lowest BCUT2D eigenvalue weighted by Gasteiger charge is -2.24. The number of carbonyl (C=O) groups is 1. The Balaban J connectivity index is 1.70. The molecule has 0 atom stereocenters. The SMILES string of the molecule is O=C(CC1CCCC1)N(Cc1ccccc1)Cc1ccccc1. The molecule has 2 aromatic rings. The minimum absolute atomic E-state index is 0.296. The van der Waals surface area contributed by atoms with Crippen LogP contribution in [0.5, 0.6) is 0 Å². The van der Waals surface area contributed by atoms with Gasteiger partial charge < -0.3 is 4.90 Å². The Morgan fingerprint density at radius 2 is 1.30 bits per heavy atom. The van der Waals surface area contributed by atoms with E-state index in [-0.39, 0.29) is 0 Å². The summed E-state index contributed by atoms with van der Waals surface area (Å²) in [5.41, 5.74) is 2.39. The molecule has 0 unspecified atom stereocenters. The van der Waals surface area contributed by atoms with Crippen LogP contribution in [0, 0.1) is 5.92 Å². The number of carbonyl (C=O) groups excluding carboxylic acids is 1. The fraction of sp³-hybridized carbons (Fsp3) is 0.381. The Morgan fingerprint density at radius 1 is 0.826 bits per heavy atom. The summed E-state index contributed by atoms with van der Waals surface area (Å²) in [6, 6.07) is 20.6. The zero-order chi connectivity index (χ0) is 15.9. The maximum atomic E-state index is 12.8. The lowest BCUT2D eigenvalue weighted by Crippen LogP contribution is -2.31. The maximum Gasteiger partial charge on any atom is 0.223 e. The molecule has 0 N–H and O–H groups in total. The molecule has 2 nitrogen and oxygen atoms in total. The highest BCUT2D eigenvalue weighted by atomic mass is 16.2. The first-order chi connectivity index (χ1) is 11.3. The molecule has 1 saturated carbocycles. The van der Waals surface area contributed by atoms with E-state index in [0.717, 1.165) is 0 Å². The molecule has 2 aromatic carbocycles. The van der Waals surface area contributed by atoms with E-state index in [9.17, 15) is 4.79 Å². The first kappa shape index (κ1) is 15.8. The quantitative estimate of drug-likeness (QED) is 0.751. The predicted molar refractivity (Wildman–Crippen MR) is 93.7 cm³/mol. The van der Waals surface area contributed by atoms with Gasteiger partial charge in [0.05, 0.1) is 0 Å². The Bertz CT molecular complexity index is 561. The number of amides is 1. The third kappa shape index (κ3) is 4.69. The topological polar surface area (TPSA) is 20.3 Å². The Kier molecular flexibility index (Phi) is 5.46. The van der Waals surface area contributed by atoms with E-state index in [2.05, 4.69) is 24.3 Å². The number of benzene rings is 2. The highest BCUT2D eigenvalue weighted by molar-refractivity contribution is 5.76. The van der Waals surface area contributed by atoms with E-state index in [1.807, 2.05) is 41.3 Å². The van der Waals surface area contributed by atoms with Crippen molar-refractivity contribution >= 4 is 5.91 Å². The second-order valence-corrected chi connectivity index (χ2v) is 6.58. The Morgan fingerprint density at radius 3 is 1.78 bits per heavy atom. The van der Waals surface area contributed by atoms with Gasteiger partial charge >= 0.3 is 0 Å². The number of nitrogens with zero attached hydrogens (tertiary/aromatic N) is 1. The van der Waals surface area contributed by atoms with Gasteiger partial charge in [0.2, 0.25) is 5.91 Å². The fourth-order valence-corrected chi connectivity index (χ4v) is 3.43. The largest absolute Gasteiger partial charge is 0.334 e. The molecular weight excluding hydrogens is 282 g/mol. The minimum atomic E-state index is 0.296. The summed E-state index contributed by atoms with van der Waals surface area (Å²) >= 11 is 0. The maximum absolute atomic E-state index is 12.8. The second-order valence-electron chi connectivity index (χ2n) is 6.58. The molecule has 1 aliphatic rings. The summed E-state index contributed by atoms with van der Waals surface area (Å²) in [6.45, 7) is 1.39. The van der Waals surface area contributed by atoms with Crippen LogP contribution in [0.1, 0.15) is 43.2 Å². The summed E-state index contributed by atoms with van der Waals surface area (Å²) in [6.07, 6.45) is 5.72. The van der Waals surface area contributed by atoms with Gasteiger partial charge in [-0.15, -0.1) is 0 Å². The van der Waals surface area contributed by atoms with Gasteiger partial charge in [-0.2, -0.15) is 0 Å². The van der Waals surface area contributed by atoms with Crippen molar-refractivity contribution in [1.29, 1.82) is 0 Å². The molecule has 1 fully saturated rings. The first-order valence-electron chi connectivity index (χ1n) is 8.67. The van der Waals surface area contributed by atoms with Crippen LogP contribution in [0.15, 0.2) is 60.7 Å². The molecule has 23 heavy (non-hydrogen) atoms. The molecule has 1 amide bonds. The number of hydrogen-bond donors (Lipinski definition) is 0. The summed E-state index contributed by atoms with van der Waals surface area (Å²) in [4.78, 5) is 14.9. The lowest BCUT2D eigenvalue weighted by atomic mass is 10.0. The number of rotatable bonds is 6. The van der Waals surface area contributed by atoms with Gasteiger partial charge in [0, 0.05) is 19.5 Å². The molecule has 0 aromatic heterocycles. The van der Waals surface area contributed by atoms with Crippen molar-refractivity contribution in [2.45, 2.75) is 45.2 Å². The van der Waals surface area contributed by atoms with E-state index in [0.29, 0.717) is 31.3 Å². The van der Waals surface area contributed by atoms with E-state index < -0.39 is 0 Å². The van der Waals surface area contributed by atoms with E-state index in [4.69, 9.17) is 0 Å². The molecule has 0 heterocycles. The van der Waals surface area contributed by atoms with Crippen molar-refractivity contribution in [3.63, 3.8) is 0 Å². The summed E-state index contributed by atoms with van der Waals surface area (Å²) < 4.78 is 0. The number of hydrogen-bond acceptors (Lipinski definition) is 1. The lowest BCUT2D eigenvalue weighted by molar-refractivity contribution is -0.133. The smallest absolute Gasteiger partial charge is 0.223 e. The molecule has 120 valence electrons. The van der Waals surface area contributed by atoms with Gasteiger partial charge in [-0.25, -0.2) is 0 Å². The minimum Gasteiger partial charge on any atom is -0.334 e. The van der Waals surface area contributed by atoms with Crippen molar-refractivity contribution in [2.24, 2.45) is 5.92 Å². The molecule has 3 rings (SSSR count). The average Bonchev–Trinajstić information content (AvgIpc) is 3.09. The van der Waals surface area contributed by atoms with E-state index in [1.165, 1.54) is 36.8 Å². The zero-order valence-electron chi connectivity index (χ0n) is 13.7. The third-order valence-corrected chi connectivity index (χ3v) is 4.72. The Hall–Kier alpha value is -2.09. The standard InChI is InChI=1S/C21H25NO/c23-21(15-18-9-7-8-10-18)22(16-19-11-3-1-4-12-19)17-20-13-5-2-6-14-20/h1-6,11-14,18H,7-10,15-17H2. The van der Waals surface area contributed by atoms with Gasteiger partial charge in [0.25, 0.3) is 0 Å². The first-order valence-corrected chi connectivity index (χ1v) is 8.67. The van der Waals surface area contributed by atoms with Crippen LogP contribution in [0.2, 0.25) is 0 Å². The van der Waals surface area contributed by atoms with Gasteiger partial charge in [-0.3, -0.25) is 4.79 Å². The molecule has 0 bridgehead atoms. The van der Waals surface area contributed by atoms with Crippen molar-refractivity contribution in [3.8, 4) is 0 Å². The van der Waals surface area contributed by atoms with Crippen LogP contribution in [0.25, 0.3) is 0 Å². The summed E-state index contributed by atoms with van der Waals surface area (Å²) in [7, 11) is 0. The van der Waals surface area contributed by atoms with Crippen LogP contribution in [-0.4, -0.2) is 10.8 Å². The van der Waals surface area contributed by atoms with Crippen molar-refractivity contribution in [2.75, 3.05) is 0 Å². The molecular formula is C21H25NO. The highest BCUT2D eigenvalue weighted by Crippen LogP contribution is 2.28. The summed E-state index contributed by atoms with van der Waals surface area (Å²) in [5.74, 6) is 0.890. The van der Waals surface area contributed by atoms with Crippen LogP contribution in [-0.2, 0) is 17.9 Å². The second kappa shape index (κ2) is 7.96. The van der Waals surface area contributed by atoms with Crippen molar-refractivity contribution in [1.82, 2.24) is 4.90 Å². The van der Waals surface area contributed by atoms with Gasteiger partial charge in [-0.1, -0.05) is 73.5 Å². The molecule has 0 saturated heterocycles. The van der Waals surface area contributed by atoms with Crippen LogP contribution in [0.4, 0.5) is 0 Å². The predicted octanol–water partition coefficient (Wildman–Crippen LogP) is 4.80. The highest BCUT2D eigenvalue weighted by Gasteiger charge is 2.22. The van der Waals surface area contributed by atoms with Gasteiger partial charge in [0.15, 0.2) is 0 Å². The molecule has 2 heteroatoms. The molecule has 1 aliphatic carbocycles. The van der Waals surface area contributed by atoms with Crippen molar-refractivity contribution in [3.05, 3.63) is 71.8 Å². The molecule has 0 aliphatic heterocycles. The fourth-order valence-electron chi connectivity index (χ4n) is 3.43. The summed E-state index contributed by atoms with van der Waals surface area (Å²) in [5, 5.41) is 0. The molecule has 0 radical (unpaired) electrons. The van der Waals surface area contributed by atoms with E-state index in [1.54, 1.807) is 0 Å². The van der Waals surface area contributed by atoms with Crippen LogP contribution < -0.4 is 0 Å². The van der Waals surface area contributed by atoms with Gasteiger partial charge in [-0.05, 0) is 29.9 Å². The van der Waals surface area contributed by atoms with Crippen molar-refractivity contribution < 1.29 is 4.79 Å². The van der Waals surface area contributed by atoms with Crippen LogP contribution in [0.3, 0.4) is 0 Å². The third-order valence-electron chi connectivity index (χ3n) is 4.72. The Labute approximate surface area is 139 Å². The monoisotopic (exact) mass is 307 g/mol. The van der Waals surface area contributed by atoms with Gasteiger partial charge in [0.1, 0.15) is 0 Å². The van der Waals surface area contributed by atoms with E-state index >= 15 is 0 Å². The normalized spacial score (nSPS) is 14.8. The molecule has 0 spiro atoms. The average molecular weight is 307 g/mol.